The normalized spacial score (nSPS) is 18.0. The lowest BCUT2D eigenvalue weighted by Gasteiger charge is -2.21. The Balaban J connectivity index is 1.66. The number of hydrogen-bond donors (Lipinski definition) is 0. The maximum atomic E-state index is 12.1. The lowest BCUT2D eigenvalue weighted by Crippen LogP contribution is -2.16. The van der Waals surface area contributed by atoms with Gasteiger partial charge in [-0.3, -0.25) is 0 Å². The fraction of sp³-hybridized carbons (Fsp3) is 0.591. The van der Waals surface area contributed by atoms with Crippen molar-refractivity contribution >= 4 is 28.6 Å². The van der Waals surface area contributed by atoms with Crippen LogP contribution in [0.4, 0.5) is 0 Å². The lowest BCUT2D eigenvalue weighted by atomic mass is 9.98. The summed E-state index contributed by atoms with van der Waals surface area (Å²) in [6.45, 7) is 6.65. The van der Waals surface area contributed by atoms with Gasteiger partial charge in [0, 0.05) is 10.5 Å². The molecule has 1 aromatic heterocycles. The quantitative estimate of drug-likeness (QED) is 0.290. The van der Waals surface area contributed by atoms with Crippen molar-refractivity contribution in [3.8, 4) is 0 Å². The standard InChI is InChI=1S/C22H30IN3O3/c1-15(2)26-19-7-5-4-6-8-20(21(19)24-25-26)28-14-17-9-11-18(12-10-17)22(27)29-16(3)13-23/h9-12,15-16,20H,4-8,13-14H2,1-3H3. The number of esters is 1. The van der Waals surface area contributed by atoms with Gasteiger partial charge in [-0.1, -0.05) is 52.8 Å². The highest BCUT2D eigenvalue weighted by Gasteiger charge is 2.25. The summed E-state index contributed by atoms with van der Waals surface area (Å²) in [7, 11) is 0. The number of aromatic nitrogens is 3. The summed E-state index contributed by atoms with van der Waals surface area (Å²) in [4.78, 5) is 12.1. The molecule has 0 N–H and O–H groups in total. The second-order valence-corrected chi connectivity index (χ2v) is 8.81. The molecule has 2 aromatic rings. The Kier molecular flexibility index (Phi) is 8.06. The highest BCUT2D eigenvalue weighted by Crippen LogP contribution is 2.31. The molecule has 29 heavy (non-hydrogen) atoms. The summed E-state index contributed by atoms with van der Waals surface area (Å²) in [5.41, 5.74) is 3.81. The Morgan fingerprint density at radius 2 is 1.97 bits per heavy atom. The summed E-state index contributed by atoms with van der Waals surface area (Å²) in [6, 6.07) is 7.77. The molecule has 0 fully saturated rings. The van der Waals surface area contributed by atoms with Gasteiger partial charge in [-0.15, -0.1) is 5.10 Å². The van der Waals surface area contributed by atoms with Crippen LogP contribution >= 0.6 is 22.6 Å². The Hall–Kier alpha value is -1.48. The van der Waals surface area contributed by atoms with E-state index in [2.05, 4.69) is 46.8 Å². The number of rotatable bonds is 7. The van der Waals surface area contributed by atoms with Gasteiger partial charge in [-0.2, -0.15) is 0 Å². The minimum Gasteiger partial charge on any atom is -0.458 e. The SMILES string of the molecule is CC(CI)OC(=O)c1ccc(COC2CCCCCc3c2nnn3C(C)C)cc1. The zero-order valence-corrected chi connectivity index (χ0v) is 19.6. The summed E-state index contributed by atoms with van der Waals surface area (Å²) in [6.07, 6.45) is 5.36. The molecule has 6 nitrogen and oxygen atoms in total. The minimum absolute atomic E-state index is 0.0352. The molecule has 2 atom stereocenters. The highest BCUT2D eigenvalue weighted by atomic mass is 127. The number of benzene rings is 1. The molecule has 0 amide bonds. The average molecular weight is 511 g/mol. The van der Waals surface area contributed by atoms with Crippen LogP contribution in [0.25, 0.3) is 0 Å². The smallest absolute Gasteiger partial charge is 0.338 e. The third-order valence-electron chi connectivity index (χ3n) is 5.16. The van der Waals surface area contributed by atoms with Gasteiger partial charge >= 0.3 is 5.97 Å². The van der Waals surface area contributed by atoms with Crippen molar-refractivity contribution < 1.29 is 14.3 Å². The zero-order chi connectivity index (χ0) is 20.8. The Morgan fingerprint density at radius 3 is 2.66 bits per heavy atom. The molecule has 0 bridgehead atoms. The molecule has 1 heterocycles. The fourth-order valence-electron chi connectivity index (χ4n) is 3.55. The van der Waals surface area contributed by atoms with Crippen molar-refractivity contribution in [3.63, 3.8) is 0 Å². The van der Waals surface area contributed by atoms with Crippen LogP contribution in [-0.4, -0.2) is 31.5 Å². The zero-order valence-electron chi connectivity index (χ0n) is 17.4. The van der Waals surface area contributed by atoms with E-state index in [4.69, 9.17) is 9.47 Å². The summed E-state index contributed by atoms with van der Waals surface area (Å²) < 4.78 is 14.5. The average Bonchev–Trinajstić information content (AvgIpc) is 3.11. The Morgan fingerprint density at radius 1 is 1.21 bits per heavy atom. The number of carbonyl (C=O) groups is 1. The van der Waals surface area contributed by atoms with E-state index >= 15 is 0 Å². The highest BCUT2D eigenvalue weighted by molar-refractivity contribution is 14.1. The van der Waals surface area contributed by atoms with Crippen molar-refractivity contribution in [2.75, 3.05) is 4.43 Å². The number of alkyl halides is 1. The number of ether oxygens (including phenoxy) is 2. The topological polar surface area (TPSA) is 66.2 Å². The van der Waals surface area contributed by atoms with Crippen LogP contribution < -0.4 is 0 Å². The number of halogens is 1. The molecule has 158 valence electrons. The van der Waals surface area contributed by atoms with Gasteiger partial charge in [-0.25, -0.2) is 9.48 Å². The van der Waals surface area contributed by atoms with E-state index in [0.29, 0.717) is 18.2 Å². The van der Waals surface area contributed by atoms with Crippen LogP contribution in [-0.2, 0) is 22.5 Å². The maximum absolute atomic E-state index is 12.1. The second-order valence-electron chi connectivity index (χ2n) is 7.93. The van der Waals surface area contributed by atoms with Crippen molar-refractivity contribution in [2.45, 2.75) is 77.7 Å². The fourth-order valence-corrected chi connectivity index (χ4v) is 3.73. The van der Waals surface area contributed by atoms with Gasteiger partial charge in [0.25, 0.3) is 0 Å². The van der Waals surface area contributed by atoms with Crippen LogP contribution in [0.3, 0.4) is 0 Å². The number of nitrogens with zero attached hydrogens (tertiary/aromatic N) is 3. The van der Waals surface area contributed by atoms with E-state index in [1.54, 1.807) is 12.1 Å². The van der Waals surface area contributed by atoms with E-state index in [9.17, 15) is 4.79 Å². The van der Waals surface area contributed by atoms with Crippen molar-refractivity contribution in [1.29, 1.82) is 0 Å². The van der Waals surface area contributed by atoms with Gasteiger partial charge < -0.3 is 9.47 Å². The number of hydrogen-bond acceptors (Lipinski definition) is 5. The van der Waals surface area contributed by atoms with Crippen LogP contribution in [0.15, 0.2) is 24.3 Å². The molecule has 0 spiro atoms. The second kappa shape index (κ2) is 10.5. The third kappa shape index (κ3) is 5.78. The van der Waals surface area contributed by atoms with Crippen molar-refractivity contribution in [1.82, 2.24) is 15.0 Å². The molecule has 0 radical (unpaired) electrons. The molecule has 1 aliphatic rings. The van der Waals surface area contributed by atoms with Gasteiger partial charge in [0.2, 0.25) is 0 Å². The number of carbonyl (C=O) groups excluding carboxylic acids is 1. The van der Waals surface area contributed by atoms with Crippen molar-refractivity contribution in [2.24, 2.45) is 0 Å². The Bertz CT molecular complexity index is 804. The van der Waals surface area contributed by atoms with Crippen LogP contribution in [0.2, 0.25) is 0 Å². The predicted octanol–water partition coefficient (Wildman–Crippen LogP) is 5.21. The first-order valence-electron chi connectivity index (χ1n) is 10.4. The van der Waals surface area contributed by atoms with E-state index in [1.165, 1.54) is 18.5 Å². The lowest BCUT2D eigenvalue weighted by molar-refractivity contribution is 0.0275. The molecule has 3 rings (SSSR count). The molecule has 1 aromatic carbocycles. The van der Waals surface area contributed by atoms with E-state index in [-0.39, 0.29) is 18.2 Å². The van der Waals surface area contributed by atoms with Gasteiger partial charge in [-0.05, 0) is 57.7 Å². The molecule has 0 saturated carbocycles. The van der Waals surface area contributed by atoms with Crippen LogP contribution in [0.1, 0.15) is 85.9 Å². The first-order chi connectivity index (χ1) is 14.0. The third-order valence-corrected chi connectivity index (χ3v) is 6.40. The molecular formula is C22H30IN3O3. The van der Waals surface area contributed by atoms with Gasteiger partial charge in [0.1, 0.15) is 17.9 Å². The molecule has 2 unspecified atom stereocenters. The Labute approximate surface area is 186 Å². The summed E-state index contributed by atoms with van der Waals surface area (Å²) in [5, 5.41) is 8.85. The van der Waals surface area contributed by atoms with E-state index < -0.39 is 0 Å². The van der Waals surface area contributed by atoms with Gasteiger partial charge in [0.15, 0.2) is 0 Å². The largest absolute Gasteiger partial charge is 0.458 e. The van der Waals surface area contributed by atoms with Crippen LogP contribution in [0, 0.1) is 0 Å². The van der Waals surface area contributed by atoms with E-state index in [1.807, 2.05) is 23.7 Å². The summed E-state index contributed by atoms with van der Waals surface area (Å²) >= 11 is 2.21. The monoisotopic (exact) mass is 511 g/mol. The molecule has 7 heteroatoms. The predicted molar refractivity (Wildman–Crippen MR) is 120 cm³/mol. The van der Waals surface area contributed by atoms with Gasteiger partial charge in [0.05, 0.1) is 17.9 Å². The first-order valence-corrected chi connectivity index (χ1v) is 11.9. The minimum atomic E-state index is -0.281. The number of fused-ring (bicyclic) bond motifs is 1. The molecule has 1 aliphatic carbocycles. The van der Waals surface area contributed by atoms with E-state index in [0.717, 1.165) is 34.9 Å². The molecular weight excluding hydrogens is 481 g/mol. The summed E-state index contributed by atoms with van der Waals surface area (Å²) in [5.74, 6) is -0.281. The van der Waals surface area contributed by atoms with Crippen molar-refractivity contribution in [3.05, 3.63) is 46.8 Å². The molecule has 0 aliphatic heterocycles. The van der Waals surface area contributed by atoms with Crippen LogP contribution in [0.5, 0.6) is 0 Å². The first kappa shape index (κ1) is 22.2. The maximum Gasteiger partial charge on any atom is 0.338 e. The molecule has 0 saturated heterocycles.